The first-order valence-electron chi connectivity index (χ1n) is 6.10. The number of anilines is 1. The topological polar surface area (TPSA) is 21.3 Å². The van der Waals surface area contributed by atoms with E-state index in [0.29, 0.717) is 5.56 Å². The molecule has 0 amide bonds. The molecule has 2 nitrogen and oxygen atoms in total. The number of methoxy groups -OCH3 is 1. The Morgan fingerprint density at radius 1 is 1.16 bits per heavy atom. The van der Waals surface area contributed by atoms with Crippen molar-refractivity contribution in [3.05, 3.63) is 47.5 Å². The molecule has 98 valence electrons. The van der Waals surface area contributed by atoms with Gasteiger partial charge < -0.3 is 10.1 Å². The third-order valence-corrected chi connectivity index (χ3v) is 3.39. The molecule has 4 heteroatoms. The van der Waals surface area contributed by atoms with Crippen LogP contribution in [0, 0.1) is 11.6 Å². The van der Waals surface area contributed by atoms with Crippen molar-refractivity contribution in [3.8, 4) is 16.9 Å². The molecule has 2 aromatic rings. The van der Waals surface area contributed by atoms with E-state index in [9.17, 15) is 8.78 Å². The molecule has 1 N–H and O–H groups in total. The summed E-state index contributed by atoms with van der Waals surface area (Å²) in [7, 11) is 1.39. The van der Waals surface area contributed by atoms with Crippen LogP contribution in [0.4, 0.5) is 14.5 Å². The van der Waals surface area contributed by atoms with Gasteiger partial charge in [-0.15, -0.1) is 0 Å². The smallest absolute Gasteiger partial charge is 0.137 e. The number of hydrogen-bond donors (Lipinski definition) is 1. The minimum atomic E-state index is -0.600. The first-order valence-corrected chi connectivity index (χ1v) is 6.10. The second-order valence-electron chi connectivity index (χ2n) is 4.47. The fourth-order valence-electron chi connectivity index (χ4n) is 2.50. The number of benzene rings is 2. The average Bonchev–Trinajstić information content (AvgIpc) is 2.86. The maximum absolute atomic E-state index is 14.1. The van der Waals surface area contributed by atoms with Gasteiger partial charge in [0.1, 0.15) is 17.4 Å². The maximum atomic E-state index is 14.1. The summed E-state index contributed by atoms with van der Waals surface area (Å²) in [5.41, 5.74) is 2.54. The van der Waals surface area contributed by atoms with E-state index in [0.717, 1.165) is 24.2 Å². The van der Waals surface area contributed by atoms with Gasteiger partial charge in [-0.25, -0.2) is 8.78 Å². The summed E-state index contributed by atoms with van der Waals surface area (Å²) in [6.07, 6.45) is 0.774. The molecule has 19 heavy (non-hydrogen) atoms. The molecule has 0 spiro atoms. The zero-order chi connectivity index (χ0) is 13.4. The molecule has 2 aromatic carbocycles. The van der Waals surface area contributed by atoms with Crippen LogP contribution in [0.15, 0.2) is 30.3 Å². The van der Waals surface area contributed by atoms with Crippen molar-refractivity contribution in [2.75, 3.05) is 19.0 Å². The molecule has 0 saturated carbocycles. The second-order valence-corrected chi connectivity index (χ2v) is 4.47. The van der Waals surface area contributed by atoms with Crippen LogP contribution in [0.2, 0.25) is 0 Å². The predicted octanol–water partition coefficient (Wildman–Crippen LogP) is 3.61. The van der Waals surface area contributed by atoms with Gasteiger partial charge in [0, 0.05) is 24.4 Å². The molecule has 1 aliphatic rings. The van der Waals surface area contributed by atoms with Gasteiger partial charge in [-0.3, -0.25) is 0 Å². The molecule has 0 bridgehead atoms. The van der Waals surface area contributed by atoms with E-state index in [1.165, 1.54) is 19.2 Å². The van der Waals surface area contributed by atoms with Gasteiger partial charge in [-0.1, -0.05) is 12.1 Å². The van der Waals surface area contributed by atoms with Crippen LogP contribution in [-0.4, -0.2) is 13.7 Å². The third kappa shape index (κ3) is 1.93. The van der Waals surface area contributed by atoms with Crippen molar-refractivity contribution >= 4 is 5.69 Å². The predicted molar refractivity (Wildman–Crippen MR) is 70.5 cm³/mol. The molecule has 0 atom stereocenters. The van der Waals surface area contributed by atoms with Gasteiger partial charge in [0.2, 0.25) is 0 Å². The molecule has 1 heterocycles. The largest absolute Gasteiger partial charge is 0.497 e. The number of fused-ring (bicyclic) bond motifs is 1. The van der Waals surface area contributed by atoms with E-state index in [4.69, 9.17) is 4.74 Å². The molecule has 0 fully saturated rings. The van der Waals surface area contributed by atoms with Crippen molar-refractivity contribution in [3.63, 3.8) is 0 Å². The van der Waals surface area contributed by atoms with E-state index in [1.807, 2.05) is 6.07 Å². The lowest BCUT2D eigenvalue weighted by atomic mass is 9.97. The maximum Gasteiger partial charge on any atom is 0.137 e. The van der Waals surface area contributed by atoms with Gasteiger partial charge in [0.25, 0.3) is 0 Å². The van der Waals surface area contributed by atoms with E-state index in [1.54, 1.807) is 12.1 Å². The van der Waals surface area contributed by atoms with Gasteiger partial charge >= 0.3 is 0 Å². The zero-order valence-electron chi connectivity index (χ0n) is 10.5. The van der Waals surface area contributed by atoms with Crippen LogP contribution in [0.5, 0.6) is 5.75 Å². The van der Waals surface area contributed by atoms with Crippen molar-refractivity contribution in [2.45, 2.75) is 6.42 Å². The van der Waals surface area contributed by atoms with Crippen molar-refractivity contribution in [1.82, 2.24) is 0 Å². The molecular formula is C15H13F2NO. The number of hydrogen-bond acceptors (Lipinski definition) is 2. The molecule has 0 aliphatic carbocycles. The van der Waals surface area contributed by atoms with Crippen molar-refractivity contribution in [2.24, 2.45) is 0 Å². The number of halogens is 2. The summed E-state index contributed by atoms with van der Waals surface area (Å²) < 4.78 is 33.1. The Morgan fingerprint density at radius 3 is 2.58 bits per heavy atom. The average molecular weight is 261 g/mol. The first kappa shape index (κ1) is 12.0. The van der Waals surface area contributed by atoms with Crippen molar-refractivity contribution < 1.29 is 13.5 Å². The van der Waals surface area contributed by atoms with Crippen LogP contribution in [0.1, 0.15) is 5.56 Å². The Hall–Kier alpha value is -2.10. The van der Waals surface area contributed by atoms with E-state index in [-0.39, 0.29) is 11.3 Å². The summed E-state index contributed by atoms with van der Waals surface area (Å²) in [5, 5.41) is 3.20. The minimum Gasteiger partial charge on any atom is -0.497 e. The molecule has 3 rings (SSSR count). The Labute approximate surface area is 110 Å². The van der Waals surface area contributed by atoms with Crippen LogP contribution in [-0.2, 0) is 6.42 Å². The van der Waals surface area contributed by atoms with E-state index >= 15 is 0 Å². The highest BCUT2D eigenvalue weighted by atomic mass is 19.1. The van der Waals surface area contributed by atoms with E-state index < -0.39 is 11.6 Å². The number of ether oxygens (including phenoxy) is 1. The monoisotopic (exact) mass is 261 g/mol. The fraction of sp³-hybridized carbons (Fsp3) is 0.200. The summed E-state index contributed by atoms with van der Waals surface area (Å²) in [6.45, 7) is 0.797. The lowest BCUT2D eigenvalue weighted by molar-refractivity contribution is 0.407. The summed E-state index contributed by atoms with van der Waals surface area (Å²) in [4.78, 5) is 0. The van der Waals surface area contributed by atoms with E-state index in [2.05, 4.69) is 5.32 Å². The summed E-state index contributed by atoms with van der Waals surface area (Å²) in [5.74, 6) is -1.02. The van der Waals surface area contributed by atoms with Gasteiger partial charge in [-0.2, -0.15) is 0 Å². The first-order chi connectivity index (χ1) is 9.20. The second kappa shape index (κ2) is 4.53. The SMILES string of the molecule is COc1cc(F)c(-c2cccc3c2CCN3)c(F)c1. The molecule has 0 aromatic heterocycles. The Kier molecular flexibility index (Phi) is 2.85. The zero-order valence-corrected chi connectivity index (χ0v) is 10.5. The number of nitrogens with one attached hydrogen (secondary N) is 1. The summed E-state index contributed by atoms with van der Waals surface area (Å²) >= 11 is 0. The molecule has 0 unspecified atom stereocenters. The number of rotatable bonds is 2. The quantitative estimate of drug-likeness (QED) is 0.891. The van der Waals surface area contributed by atoms with Gasteiger partial charge in [0.15, 0.2) is 0 Å². The third-order valence-electron chi connectivity index (χ3n) is 3.39. The van der Waals surface area contributed by atoms with Crippen LogP contribution in [0.3, 0.4) is 0 Å². The highest BCUT2D eigenvalue weighted by Gasteiger charge is 2.20. The highest BCUT2D eigenvalue weighted by Crippen LogP contribution is 2.36. The van der Waals surface area contributed by atoms with Crippen molar-refractivity contribution in [1.29, 1.82) is 0 Å². The Balaban J connectivity index is 2.21. The molecule has 0 saturated heterocycles. The Bertz CT molecular complexity index is 617. The lowest BCUT2D eigenvalue weighted by Crippen LogP contribution is -1.96. The fourth-order valence-corrected chi connectivity index (χ4v) is 2.50. The Morgan fingerprint density at radius 2 is 1.89 bits per heavy atom. The van der Waals surface area contributed by atoms with Gasteiger partial charge in [0.05, 0.1) is 12.7 Å². The normalized spacial score (nSPS) is 13.0. The molecule has 0 radical (unpaired) electrons. The summed E-state index contributed by atoms with van der Waals surface area (Å²) in [6, 6.07) is 7.89. The van der Waals surface area contributed by atoms with Crippen LogP contribution >= 0.6 is 0 Å². The minimum absolute atomic E-state index is 0.0151. The standard InChI is InChI=1S/C15H13F2NO/c1-19-9-7-12(16)15(13(17)8-9)11-3-2-4-14-10(11)5-6-18-14/h2-4,7-8,18H,5-6H2,1H3. The van der Waals surface area contributed by atoms with Crippen LogP contribution < -0.4 is 10.1 Å². The van der Waals surface area contributed by atoms with Crippen LogP contribution in [0.25, 0.3) is 11.1 Å². The molecular weight excluding hydrogens is 248 g/mol. The highest BCUT2D eigenvalue weighted by molar-refractivity contribution is 5.76. The molecule has 1 aliphatic heterocycles. The lowest BCUT2D eigenvalue weighted by Gasteiger charge is -2.11. The van der Waals surface area contributed by atoms with Gasteiger partial charge in [-0.05, 0) is 23.6 Å².